The standard InChI is InChI=1S/C19H22Cl2N2O5S2/c1-23-11-17(16-9-14(20)10-19(21)18(16)12-23)13-3-5-15(6-4-13)30(27,28)22-7-2-8-29(24,25)26/h3-6,9-10,17,22H,2,7-8,11-12H2,1H3,(H,24,25,26). The molecule has 0 aromatic heterocycles. The van der Waals surface area contributed by atoms with Crippen LogP contribution in [0.2, 0.25) is 10.0 Å². The van der Waals surface area contributed by atoms with Crippen LogP contribution in [-0.2, 0) is 26.7 Å². The Morgan fingerprint density at radius 3 is 2.43 bits per heavy atom. The molecule has 0 saturated heterocycles. The quantitative estimate of drug-likeness (QED) is 0.454. The third-order valence-electron chi connectivity index (χ3n) is 4.96. The summed E-state index contributed by atoms with van der Waals surface area (Å²) in [5.74, 6) is -0.511. The normalized spacial score (nSPS) is 17.7. The molecule has 0 fully saturated rings. The molecular formula is C19H22Cl2N2O5S2. The van der Waals surface area contributed by atoms with Gasteiger partial charge in [0.2, 0.25) is 10.0 Å². The number of benzene rings is 2. The topological polar surface area (TPSA) is 104 Å². The molecule has 7 nitrogen and oxygen atoms in total. The molecule has 3 rings (SSSR count). The van der Waals surface area contributed by atoms with Crippen molar-refractivity contribution in [1.29, 1.82) is 0 Å². The zero-order valence-corrected chi connectivity index (χ0v) is 19.3. The summed E-state index contributed by atoms with van der Waals surface area (Å²) >= 11 is 12.6. The summed E-state index contributed by atoms with van der Waals surface area (Å²) in [7, 11) is -5.91. The van der Waals surface area contributed by atoms with Gasteiger partial charge in [0.05, 0.1) is 10.6 Å². The van der Waals surface area contributed by atoms with Gasteiger partial charge >= 0.3 is 0 Å². The largest absolute Gasteiger partial charge is 0.301 e. The van der Waals surface area contributed by atoms with Crippen LogP contribution >= 0.6 is 23.2 Å². The number of fused-ring (bicyclic) bond motifs is 1. The lowest BCUT2D eigenvalue weighted by Gasteiger charge is -2.33. The first-order chi connectivity index (χ1) is 14.0. The molecule has 30 heavy (non-hydrogen) atoms. The van der Waals surface area contributed by atoms with Crippen LogP contribution in [0.25, 0.3) is 0 Å². The Balaban J connectivity index is 1.79. The maximum atomic E-state index is 12.4. The molecule has 1 aliphatic rings. The van der Waals surface area contributed by atoms with Gasteiger partial charge in [-0.1, -0.05) is 35.3 Å². The van der Waals surface area contributed by atoms with Crippen molar-refractivity contribution in [3.63, 3.8) is 0 Å². The van der Waals surface area contributed by atoms with Gasteiger partial charge in [-0.2, -0.15) is 8.42 Å². The lowest BCUT2D eigenvalue weighted by molar-refractivity contribution is 0.295. The fourth-order valence-electron chi connectivity index (χ4n) is 3.55. The fourth-order valence-corrected chi connectivity index (χ4v) is 5.71. The minimum atomic E-state index is -4.12. The third kappa shape index (κ3) is 5.73. The van der Waals surface area contributed by atoms with Crippen LogP contribution in [-0.4, -0.2) is 52.2 Å². The number of sulfonamides is 1. The van der Waals surface area contributed by atoms with Gasteiger partial charge in [-0.25, -0.2) is 13.1 Å². The molecule has 11 heteroatoms. The molecule has 1 unspecified atom stereocenters. The van der Waals surface area contributed by atoms with Crippen LogP contribution in [0.3, 0.4) is 0 Å². The van der Waals surface area contributed by atoms with E-state index in [9.17, 15) is 16.8 Å². The summed E-state index contributed by atoms with van der Waals surface area (Å²) in [6.07, 6.45) is -0.0249. The highest BCUT2D eigenvalue weighted by atomic mass is 35.5. The van der Waals surface area contributed by atoms with Crippen molar-refractivity contribution in [3.05, 3.63) is 63.1 Å². The second-order valence-corrected chi connectivity index (χ2v) is 11.5. The molecule has 164 valence electrons. The van der Waals surface area contributed by atoms with Crippen molar-refractivity contribution >= 4 is 43.3 Å². The first-order valence-corrected chi connectivity index (χ1v) is 13.0. The molecule has 0 aliphatic carbocycles. The lowest BCUT2D eigenvalue weighted by Crippen LogP contribution is -2.31. The van der Waals surface area contributed by atoms with E-state index in [0.717, 1.165) is 23.2 Å². The maximum absolute atomic E-state index is 12.4. The molecule has 1 heterocycles. The summed E-state index contributed by atoms with van der Waals surface area (Å²) in [5, 5.41) is 1.17. The lowest BCUT2D eigenvalue weighted by atomic mass is 9.85. The molecule has 0 spiro atoms. The molecule has 1 aliphatic heterocycles. The minimum absolute atomic E-state index is 0.00516. The van der Waals surface area contributed by atoms with Crippen molar-refractivity contribution in [2.24, 2.45) is 0 Å². The molecule has 2 aromatic rings. The Kier molecular flexibility index (Phi) is 7.13. The number of hydrogen-bond donors (Lipinski definition) is 2. The smallest absolute Gasteiger partial charge is 0.264 e. The van der Waals surface area contributed by atoms with E-state index in [2.05, 4.69) is 9.62 Å². The number of hydrogen-bond acceptors (Lipinski definition) is 5. The Morgan fingerprint density at radius 2 is 1.80 bits per heavy atom. The van der Waals surface area contributed by atoms with Crippen molar-refractivity contribution in [2.75, 3.05) is 25.9 Å². The van der Waals surface area contributed by atoms with Gasteiger partial charge in [-0.3, -0.25) is 4.55 Å². The van der Waals surface area contributed by atoms with Crippen molar-refractivity contribution in [2.45, 2.75) is 23.8 Å². The molecule has 2 N–H and O–H groups in total. The summed E-state index contributed by atoms with van der Waals surface area (Å²) in [6.45, 7) is 1.35. The molecule has 2 aromatic carbocycles. The van der Waals surface area contributed by atoms with E-state index >= 15 is 0 Å². The molecule has 1 atom stereocenters. The highest BCUT2D eigenvalue weighted by Gasteiger charge is 2.27. The van der Waals surface area contributed by atoms with Crippen molar-refractivity contribution in [1.82, 2.24) is 9.62 Å². The van der Waals surface area contributed by atoms with Gasteiger partial charge in [0.25, 0.3) is 10.1 Å². The number of nitrogens with one attached hydrogen (secondary N) is 1. The van der Waals surface area contributed by atoms with Gasteiger partial charge in [0, 0.05) is 35.6 Å². The summed E-state index contributed by atoms with van der Waals surface area (Å²) < 4.78 is 57.3. The van der Waals surface area contributed by atoms with Gasteiger partial charge < -0.3 is 4.90 Å². The van der Waals surface area contributed by atoms with Crippen LogP contribution in [0.1, 0.15) is 29.0 Å². The van der Waals surface area contributed by atoms with Gasteiger partial charge in [-0.15, -0.1) is 0 Å². The zero-order valence-electron chi connectivity index (χ0n) is 16.2. The number of rotatable bonds is 7. The number of halogens is 2. The third-order valence-corrected chi connectivity index (χ3v) is 7.79. The van der Waals surface area contributed by atoms with E-state index in [4.69, 9.17) is 27.8 Å². The van der Waals surface area contributed by atoms with Crippen LogP contribution < -0.4 is 4.72 Å². The van der Waals surface area contributed by atoms with E-state index in [-0.39, 0.29) is 23.8 Å². The number of nitrogens with zero attached hydrogens (tertiary/aromatic N) is 1. The Hall–Kier alpha value is -1.20. The molecule has 0 bridgehead atoms. The number of likely N-dealkylation sites (N-methyl/N-ethyl adjacent to an activating group) is 1. The highest BCUT2D eigenvalue weighted by Crippen LogP contribution is 2.38. The van der Waals surface area contributed by atoms with Crippen LogP contribution in [0.4, 0.5) is 0 Å². The van der Waals surface area contributed by atoms with Crippen molar-refractivity contribution < 1.29 is 21.4 Å². The Morgan fingerprint density at radius 1 is 1.13 bits per heavy atom. The SMILES string of the molecule is CN1Cc2c(Cl)cc(Cl)cc2C(c2ccc(S(=O)(=O)NCCCS(=O)(=O)O)cc2)C1. The van der Waals surface area contributed by atoms with Gasteiger partial charge in [0.1, 0.15) is 0 Å². The highest BCUT2D eigenvalue weighted by molar-refractivity contribution is 7.89. The van der Waals surface area contributed by atoms with E-state index in [1.165, 1.54) is 12.1 Å². The van der Waals surface area contributed by atoms with E-state index in [1.807, 2.05) is 13.1 Å². The van der Waals surface area contributed by atoms with Crippen LogP contribution in [0.5, 0.6) is 0 Å². The second kappa shape index (κ2) is 9.12. The minimum Gasteiger partial charge on any atom is -0.301 e. The zero-order chi connectivity index (χ0) is 22.1. The molecule has 0 saturated carbocycles. The summed E-state index contributed by atoms with van der Waals surface area (Å²) in [4.78, 5) is 2.22. The molecule has 0 amide bonds. The molecular weight excluding hydrogens is 471 g/mol. The van der Waals surface area contributed by atoms with E-state index in [0.29, 0.717) is 16.6 Å². The second-order valence-electron chi connectivity index (χ2n) is 7.31. The van der Waals surface area contributed by atoms with Crippen LogP contribution in [0.15, 0.2) is 41.3 Å². The predicted octanol–water partition coefficient (Wildman–Crippen LogP) is 3.13. The summed E-state index contributed by atoms with van der Waals surface area (Å²) in [6, 6.07) is 10.2. The maximum Gasteiger partial charge on any atom is 0.264 e. The first-order valence-electron chi connectivity index (χ1n) is 9.17. The fraction of sp³-hybridized carbons (Fsp3) is 0.368. The molecule has 0 radical (unpaired) electrons. The van der Waals surface area contributed by atoms with Crippen molar-refractivity contribution in [3.8, 4) is 0 Å². The van der Waals surface area contributed by atoms with E-state index < -0.39 is 25.9 Å². The Bertz CT molecular complexity index is 1140. The van der Waals surface area contributed by atoms with Gasteiger partial charge in [-0.05, 0) is 54.4 Å². The van der Waals surface area contributed by atoms with Gasteiger partial charge in [0.15, 0.2) is 0 Å². The average Bonchev–Trinajstić information content (AvgIpc) is 2.65. The van der Waals surface area contributed by atoms with Crippen LogP contribution in [0, 0.1) is 0 Å². The Labute approximate surface area is 186 Å². The average molecular weight is 493 g/mol. The predicted molar refractivity (Wildman–Crippen MR) is 117 cm³/mol. The summed E-state index contributed by atoms with van der Waals surface area (Å²) in [5.41, 5.74) is 2.98. The first kappa shape index (κ1) is 23.5. The monoisotopic (exact) mass is 492 g/mol. The van der Waals surface area contributed by atoms with E-state index in [1.54, 1.807) is 18.2 Å².